The van der Waals surface area contributed by atoms with Crippen molar-refractivity contribution >= 4 is 29.9 Å². The van der Waals surface area contributed by atoms with Crippen LogP contribution in [-0.2, 0) is 11.2 Å². The number of piperidine rings is 1. The van der Waals surface area contributed by atoms with Crippen LogP contribution in [0.15, 0.2) is 23.2 Å². The monoisotopic (exact) mass is 488 g/mol. The molecule has 0 atom stereocenters. The molecule has 0 spiro atoms. The Labute approximate surface area is 182 Å². The lowest BCUT2D eigenvalue weighted by atomic mass is 9.97. The van der Waals surface area contributed by atoms with Crippen LogP contribution in [-0.4, -0.2) is 64.3 Å². The second-order valence-electron chi connectivity index (χ2n) is 7.40. The Bertz CT molecular complexity index is 551. The largest absolute Gasteiger partial charge is 0.383 e. The molecule has 0 unspecified atom stereocenters. The highest BCUT2D eigenvalue weighted by Crippen LogP contribution is 2.16. The van der Waals surface area contributed by atoms with Crippen LogP contribution >= 0.6 is 24.0 Å². The zero-order chi connectivity index (χ0) is 18.8. The molecule has 1 aliphatic heterocycles. The first kappa shape index (κ1) is 24.2. The SMILES string of the molecule is CN=C(NCCc1cc(C)cc(C)c1)NCC1CCN(CCOC)CC1.I. The van der Waals surface area contributed by atoms with Gasteiger partial charge < -0.3 is 20.3 Å². The summed E-state index contributed by atoms with van der Waals surface area (Å²) in [5, 5.41) is 6.95. The van der Waals surface area contributed by atoms with Crippen LogP contribution in [0, 0.1) is 19.8 Å². The zero-order valence-corrected chi connectivity index (χ0v) is 19.7. The van der Waals surface area contributed by atoms with E-state index in [1.165, 1.54) is 42.6 Å². The van der Waals surface area contributed by atoms with E-state index >= 15 is 0 Å². The number of benzene rings is 1. The number of halogens is 1. The number of ether oxygens (including phenoxy) is 1. The van der Waals surface area contributed by atoms with Gasteiger partial charge in [-0.05, 0) is 57.7 Å². The van der Waals surface area contributed by atoms with E-state index in [4.69, 9.17) is 4.74 Å². The van der Waals surface area contributed by atoms with Gasteiger partial charge in [0.15, 0.2) is 5.96 Å². The lowest BCUT2D eigenvalue weighted by Crippen LogP contribution is -2.43. The molecule has 0 aliphatic carbocycles. The average Bonchev–Trinajstić information content (AvgIpc) is 2.63. The van der Waals surface area contributed by atoms with Crippen molar-refractivity contribution in [1.82, 2.24) is 15.5 Å². The number of hydrogen-bond donors (Lipinski definition) is 2. The van der Waals surface area contributed by atoms with E-state index in [9.17, 15) is 0 Å². The molecule has 5 nitrogen and oxygen atoms in total. The zero-order valence-electron chi connectivity index (χ0n) is 17.4. The van der Waals surface area contributed by atoms with Crippen molar-refractivity contribution in [2.45, 2.75) is 33.1 Å². The number of hydrogen-bond acceptors (Lipinski definition) is 3. The number of aryl methyl sites for hydroxylation is 2. The molecular formula is C21H37IN4O. The van der Waals surface area contributed by atoms with Crippen LogP contribution in [0.2, 0.25) is 0 Å². The van der Waals surface area contributed by atoms with Crippen LogP contribution in [0.4, 0.5) is 0 Å². The maximum atomic E-state index is 5.17. The fourth-order valence-electron chi connectivity index (χ4n) is 3.63. The van der Waals surface area contributed by atoms with Gasteiger partial charge in [0.25, 0.3) is 0 Å². The maximum absolute atomic E-state index is 5.17. The molecule has 6 heteroatoms. The van der Waals surface area contributed by atoms with Gasteiger partial charge >= 0.3 is 0 Å². The normalized spacial score (nSPS) is 16.1. The van der Waals surface area contributed by atoms with Crippen molar-refractivity contribution in [1.29, 1.82) is 0 Å². The predicted molar refractivity (Wildman–Crippen MR) is 125 cm³/mol. The maximum Gasteiger partial charge on any atom is 0.190 e. The molecule has 0 saturated carbocycles. The minimum absolute atomic E-state index is 0. The topological polar surface area (TPSA) is 48.9 Å². The number of likely N-dealkylation sites (tertiary alicyclic amines) is 1. The van der Waals surface area contributed by atoms with E-state index in [0.29, 0.717) is 0 Å². The number of nitrogens with zero attached hydrogens (tertiary/aromatic N) is 2. The Morgan fingerprint density at radius 1 is 1.15 bits per heavy atom. The molecule has 1 heterocycles. The number of rotatable bonds is 8. The molecule has 0 aromatic heterocycles. The smallest absolute Gasteiger partial charge is 0.190 e. The minimum Gasteiger partial charge on any atom is -0.383 e. The molecule has 1 aromatic rings. The average molecular weight is 488 g/mol. The Hall–Kier alpha value is -0.860. The number of guanidine groups is 1. The summed E-state index contributed by atoms with van der Waals surface area (Å²) in [7, 11) is 3.62. The van der Waals surface area contributed by atoms with Gasteiger partial charge in [-0.25, -0.2) is 0 Å². The van der Waals surface area contributed by atoms with Gasteiger partial charge in [0.2, 0.25) is 0 Å². The van der Waals surface area contributed by atoms with Crippen LogP contribution < -0.4 is 10.6 Å². The van der Waals surface area contributed by atoms with Gasteiger partial charge in [-0.1, -0.05) is 29.3 Å². The molecule has 1 fully saturated rings. The number of methoxy groups -OCH3 is 1. The number of aliphatic imine (C=N–C) groups is 1. The van der Waals surface area contributed by atoms with Crippen molar-refractivity contribution in [2.75, 3.05) is 53.5 Å². The highest BCUT2D eigenvalue weighted by molar-refractivity contribution is 14.0. The van der Waals surface area contributed by atoms with E-state index in [1.807, 2.05) is 7.05 Å². The van der Waals surface area contributed by atoms with Gasteiger partial charge in [0, 0.05) is 33.8 Å². The molecule has 1 saturated heterocycles. The molecule has 0 amide bonds. The van der Waals surface area contributed by atoms with Crippen LogP contribution in [0.25, 0.3) is 0 Å². The van der Waals surface area contributed by atoms with Crippen molar-refractivity contribution < 1.29 is 4.74 Å². The summed E-state index contributed by atoms with van der Waals surface area (Å²) < 4.78 is 5.17. The van der Waals surface area contributed by atoms with Crippen molar-refractivity contribution in [3.05, 3.63) is 34.9 Å². The van der Waals surface area contributed by atoms with Crippen LogP contribution in [0.5, 0.6) is 0 Å². The highest BCUT2D eigenvalue weighted by atomic mass is 127. The highest BCUT2D eigenvalue weighted by Gasteiger charge is 2.18. The summed E-state index contributed by atoms with van der Waals surface area (Å²) in [6.07, 6.45) is 3.51. The second-order valence-corrected chi connectivity index (χ2v) is 7.40. The van der Waals surface area contributed by atoms with Crippen molar-refractivity contribution in [3.8, 4) is 0 Å². The van der Waals surface area contributed by atoms with E-state index in [1.54, 1.807) is 7.11 Å². The molecule has 0 bridgehead atoms. The Balaban J connectivity index is 0.00000364. The molecule has 2 rings (SSSR count). The third-order valence-electron chi connectivity index (χ3n) is 5.09. The van der Waals surface area contributed by atoms with Gasteiger partial charge in [-0.15, -0.1) is 24.0 Å². The Kier molecular flexibility index (Phi) is 11.9. The Morgan fingerprint density at radius 3 is 2.41 bits per heavy atom. The summed E-state index contributed by atoms with van der Waals surface area (Å²) in [4.78, 5) is 6.86. The molecule has 154 valence electrons. The quantitative estimate of drug-likeness (QED) is 0.336. The Morgan fingerprint density at radius 2 is 1.81 bits per heavy atom. The van der Waals surface area contributed by atoms with Gasteiger partial charge in [0.1, 0.15) is 0 Å². The summed E-state index contributed by atoms with van der Waals surface area (Å²) >= 11 is 0. The van der Waals surface area contributed by atoms with Crippen molar-refractivity contribution in [2.24, 2.45) is 10.9 Å². The van der Waals surface area contributed by atoms with Gasteiger partial charge in [-0.2, -0.15) is 0 Å². The first-order valence-electron chi connectivity index (χ1n) is 9.83. The minimum atomic E-state index is 0. The van der Waals surface area contributed by atoms with Crippen LogP contribution in [0.3, 0.4) is 0 Å². The first-order chi connectivity index (χ1) is 12.6. The summed E-state index contributed by atoms with van der Waals surface area (Å²) in [6, 6.07) is 6.75. The third kappa shape index (κ3) is 9.25. The van der Waals surface area contributed by atoms with E-state index < -0.39 is 0 Å². The molecule has 1 aromatic carbocycles. The molecule has 0 radical (unpaired) electrons. The van der Waals surface area contributed by atoms with E-state index in [0.717, 1.165) is 44.5 Å². The fraction of sp³-hybridized carbons (Fsp3) is 0.667. The second kappa shape index (κ2) is 13.3. The summed E-state index contributed by atoms with van der Waals surface area (Å²) in [6.45, 7) is 10.5. The molecule has 2 N–H and O–H groups in total. The lowest BCUT2D eigenvalue weighted by Gasteiger charge is -2.32. The van der Waals surface area contributed by atoms with E-state index in [-0.39, 0.29) is 24.0 Å². The van der Waals surface area contributed by atoms with E-state index in [2.05, 4.69) is 52.6 Å². The predicted octanol–water partition coefficient (Wildman–Crippen LogP) is 2.99. The number of nitrogens with one attached hydrogen (secondary N) is 2. The van der Waals surface area contributed by atoms with Gasteiger partial charge in [0.05, 0.1) is 6.61 Å². The summed E-state index contributed by atoms with van der Waals surface area (Å²) in [5.41, 5.74) is 4.05. The standard InChI is InChI=1S/C21H36N4O.HI/c1-17-13-18(2)15-20(14-17)5-8-23-21(22-3)24-16-19-6-9-25(10-7-19)11-12-26-4;/h13-15,19H,5-12,16H2,1-4H3,(H2,22,23,24);1H. The summed E-state index contributed by atoms with van der Waals surface area (Å²) in [5.74, 6) is 1.64. The lowest BCUT2D eigenvalue weighted by molar-refractivity contribution is 0.121. The van der Waals surface area contributed by atoms with Gasteiger partial charge in [-0.3, -0.25) is 4.99 Å². The molecular weight excluding hydrogens is 451 g/mol. The van der Waals surface area contributed by atoms with Crippen LogP contribution in [0.1, 0.15) is 29.5 Å². The first-order valence-corrected chi connectivity index (χ1v) is 9.83. The third-order valence-corrected chi connectivity index (χ3v) is 5.09. The fourth-order valence-corrected chi connectivity index (χ4v) is 3.63. The molecule has 1 aliphatic rings. The molecule has 27 heavy (non-hydrogen) atoms. The van der Waals surface area contributed by atoms with Crippen molar-refractivity contribution in [3.63, 3.8) is 0 Å².